The maximum absolute atomic E-state index is 12.9. The lowest BCUT2D eigenvalue weighted by molar-refractivity contribution is 0.0787. The number of amides is 1. The molecule has 0 saturated carbocycles. The molecule has 1 saturated heterocycles. The molecule has 0 aliphatic carbocycles. The lowest BCUT2D eigenvalue weighted by atomic mass is 9.96. The summed E-state index contributed by atoms with van der Waals surface area (Å²) in [5, 5.41) is 10.3. The summed E-state index contributed by atoms with van der Waals surface area (Å²) in [6.07, 6.45) is 3.81. The van der Waals surface area contributed by atoms with Gasteiger partial charge in [-0.1, -0.05) is 18.2 Å². The van der Waals surface area contributed by atoms with Crippen molar-refractivity contribution in [1.82, 2.24) is 9.88 Å². The lowest BCUT2D eigenvalue weighted by Gasteiger charge is -2.17. The summed E-state index contributed by atoms with van der Waals surface area (Å²) in [4.78, 5) is 19.2. The van der Waals surface area contributed by atoms with E-state index in [9.17, 15) is 4.79 Å². The van der Waals surface area contributed by atoms with Gasteiger partial charge in [-0.15, -0.1) is 0 Å². The van der Waals surface area contributed by atoms with Crippen LogP contribution in [0, 0.1) is 24.2 Å². The Balaban J connectivity index is 1.49. The molecule has 27 heavy (non-hydrogen) atoms. The number of aromatic nitrogens is 1. The number of nitrogens with zero attached hydrogens (tertiary/aromatic N) is 3. The van der Waals surface area contributed by atoms with Gasteiger partial charge in [0.2, 0.25) is 0 Å². The lowest BCUT2D eigenvalue weighted by Crippen LogP contribution is -2.29. The largest absolute Gasteiger partial charge is 0.338 e. The third kappa shape index (κ3) is 3.54. The molecule has 134 valence electrons. The topological polar surface area (TPSA) is 57.0 Å². The molecule has 1 unspecified atom stereocenters. The molecule has 0 bridgehead atoms. The average molecular weight is 355 g/mol. The first-order valence-electron chi connectivity index (χ1n) is 9.28. The van der Waals surface area contributed by atoms with Crippen molar-refractivity contribution in [3.05, 3.63) is 77.0 Å². The van der Waals surface area contributed by atoms with Crippen molar-refractivity contribution in [2.24, 2.45) is 5.92 Å². The Morgan fingerprint density at radius 3 is 2.96 bits per heavy atom. The number of hydrogen-bond acceptors (Lipinski definition) is 3. The SMILES string of the molecule is Cc1cc(C#N)cc(C(=O)N2CCC(Cc3ccnc4ccccc34)C2)c1. The summed E-state index contributed by atoms with van der Waals surface area (Å²) < 4.78 is 0. The third-order valence-corrected chi connectivity index (χ3v) is 5.27. The van der Waals surface area contributed by atoms with Crippen LogP contribution in [0.25, 0.3) is 10.9 Å². The van der Waals surface area contributed by atoms with E-state index < -0.39 is 0 Å². The molecule has 4 nitrogen and oxygen atoms in total. The van der Waals surface area contributed by atoms with E-state index in [4.69, 9.17) is 5.26 Å². The number of aryl methyl sites for hydroxylation is 1. The van der Waals surface area contributed by atoms with Gasteiger partial charge >= 0.3 is 0 Å². The highest BCUT2D eigenvalue weighted by Gasteiger charge is 2.27. The Labute approximate surface area is 159 Å². The van der Waals surface area contributed by atoms with Gasteiger partial charge in [-0.3, -0.25) is 9.78 Å². The van der Waals surface area contributed by atoms with Crippen LogP contribution >= 0.6 is 0 Å². The molecule has 2 heterocycles. The van der Waals surface area contributed by atoms with Crippen LogP contribution < -0.4 is 0 Å². The molecule has 1 fully saturated rings. The number of hydrogen-bond donors (Lipinski definition) is 0. The van der Waals surface area contributed by atoms with Gasteiger partial charge in [-0.2, -0.15) is 5.26 Å². The number of para-hydroxylation sites is 1. The van der Waals surface area contributed by atoms with Crippen LogP contribution in [0.5, 0.6) is 0 Å². The Kier molecular flexibility index (Phi) is 4.60. The number of fused-ring (bicyclic) bond motifs is 1. The van der Waals surface area contributed by atoms with E-state index in [2.05, 4.69) is 23.2 Å². The van der Waals surface area contributed by atoms with Crippen LogP contribution in [0.3, 0.4) is 0 Å². The van der Waals surface area contributed by atoms with Crippen molar-refractivity contribution >= 4 is 16.8 Å². The van der Waals surface area contributed by atoms with E-state index in [0.717, 1.165) is 37.0 Å². The summed E-state index contributed by atoms with van der Waals surface area (Å²) in [5.41, 5.74) is 4.40. The van der Waals surface area contributed by atoms with E-state index in [0.29, 0.717) is 17.0 Å². The van der Waals surface area contributed by atoms with Crippen molar-refractivity contribution in [1.29, 1.82) is 5.26 Å². The minimum atomic E-state index is 0.0253. The number of nitriles is 1. The highest BCUT2D eigenvalue weighted by atomic mass is 16.2. The van der Waals surface area contributed by atoms with Crippen LogP contribution in [0.4, 0.5) is 0 Å². The van der Waals surface area contributed by atoms with Crippen molar-refractivity contribution < 1.29 is 4.79 Å². The first-order chi connectivity index (χ1) is 13.1. The fourth-order valence-corrected chi connectivity index (χ4v) is 3.98. The second-order valence-corrected chi connectivity index (χ2v) is 7.30. The van der Waals surface area contributed by atoms with E-state index in [1.54, 1.807) is 12.1 Å². The normalized spacial score (nSPS) is 16.4. The molecule has 0 N–H and O–H groups in total. The highest BCUT2D eigenvalue weighted by molar-refractivity contribution is 5.95. The van der Waals surface area contributed by atoms with Crippen LogP contribution in [0.1, 0.15) is 33.5 Å². The minimum Gasteiger partial charge on any atom is -0.338 e. The van der Waals surface area contributed by atoms with Gasteiger partial charge in [0.25, 0.3) is 5.91 Å². The fourth-order valence-electron chi connectivity index (χ4n) is 3.98. The van der Waals surface area contributed by atoms with Gasteiger partial charge in [0.1, 0.15) is 0 Å². The maximum Gasteiger partial charge on any atom is 0.253 e. The Bertz CT molecular complexity index is 1050. The Morgan fingerprint density at radius 2 is 2.11 bits per heavy atom. The first-order valence-corrected chi connectivity index (χ1v) is 9.28. The average Bonchev–Trinajstić information content (AvgIpc) is 3.15. The number of likely N-dealkylation sites (tertiary alicyclic amines) is 1. The molecular formula is C23H21N3O. The molecule has 0 spiro atoms. The number of carbonyl (C=O) groups is 1. The number of benzene rings is 2. The summed E-state index contributed by atoms with van der Waals surface area (Å²) >= 11 is 0. The maximum atomic E-state index is 12.9. The molecule has 1 aliphatic rings. The molecule has 1 aromatic heterocycles. The Morgan fingerprint density at radius 1 is 1.26 bits per heavy atom. The zero-order valence-electron chi connectivity index (χ0n) is 15.4. The predicted molar refractivity (Wildman–Crippen MR) is 105 cm³/mol. The summed E-state index contributed by atoms with van der Waals surface area (Å²) in [5.74, 6) is 0.470. The smallest absolute Gasteiger partial charge is 0.253 e. The zero-order valence-corrected chi connectivity index (χ0v) is 15.4. The van der Waals surface area contributed by atoms with Crippen LogP contribution in [-0.4, -0.2) is 28.9 Å². The first kappa shape index (κ1) is 17.2. The van der Waals surface area contributed by atoms with E-state index in [1.807, 2.05) is 42.3 Å². The van der Waals surface area contributed by atoms with Gasteiger partial charge in [0.15, 0.2) is 0 Å². The predicted octanol–water partition coefficient (Wildman–Crippen LogP) is 4.12. The van der Waals surface area contributed by atoms with Crippen molar-refractivity contribution in [2.75, 3.05) is 13.1 Å². The Hall–Kier alpha value is -3.19. The van der Waals surface area contributed by atoms with Crippen LogP contribution in [-0.2, 0) is 6.42 Å². The third-order valence-electron chi connectivity index (χ3n) is 5.27. The summed E-state index contributed by atoms with van der Waals surface area (Å²) in [7, 11) is 0. The monoisotopic (exact) mass is 355 g/mol. The molecule has 4 heteroatoms. The highest BCUT2D eigenvalue weighted by Crippen LogP contribution is 2.26. The molecule has 1 amide bonds. The molecular weight excluding hydrogens is 334 g/mol. The van der Waals surface area contributed by atoms with E-state index >= 15 is 0 Å². The van der Waals surface area contributed by atoms with Gasteiger partial charge in [-0.25, -0.2) is 0 Å². The van der Waals surface area contributed by atoms with Gasteiger partial charge in [0, 0.05) is 30.2 Å². The second kappa shape index (κ2) is 7.20. The van der Waals surface area contributed by atoms with Crippen molar-refractivity contribution in [3.8, 4) is 6.07 Å². The summed E-state index contributed by atoms with van der Waals surface area (Å²) in [6, 6.07) is 17.8. The quantitative estimate of drug-likeness (QED) is 0.710. The van der Waals surface area contributed by atoms with Crippen molar-refractivity contribution in [2.45, 2.75) is 19.8 Å². The number of carbonyl (C=O) groups excluding carboxylic acids is 1. The van der Waals surface area contributed by atoms with Crippen LogP contribution in [0.15, 0.2) is 54.7 Å². The number of pyridine rings is 1. The van der Waals surface area contributed by atoms with E-state index in [1.165, 1.54) is 10.9 Å². The number of rotatable bonds is 3. The van der Waals surface area contributed by atoms with E-state index in [-0.39, 0.29) is 5.91 Å². The van der Waals surface area contributed by atoms with Crippen molar-refractivity contribution in [3.63, 3.8) is 0 Å². The van der Waals surface area contributed by atoms with Gasteiger partial charge < -0.3 is 4.90 Å². The zero-order chi connectivity index (χ0) is 18.8. The van der Waals surface area contributed by atoms with Gasteiger partial charge in [-0.05, 0) is 67.1 Å². The standard InChI is InChI=1S/C23H21N3O/c1-16-10-18(14-24)13-20(11-16)23(27)26-9-7-17(15-26)12-19-6-8-25-22-5-3-2-4-21(19)22/h2-6,8,10-11,13,17H,7,9,12,15H2,1H3. The molecule has 3 aromatic rings. The minimum absolute atomic E-state index is 0.0253. The molecule has 0 radical (unpaired) electrons. The second-order valence-electron chi connectivity index (χ2n) is 7.30. The molecule has 1 atom stereocenters. The molecule has 4 rings (SSSR count). The molecule has 1 aliphatic heterocycles. The fraction of sp³-hybridized carbons (Fsp3) is 0.261. The van der Waals surface area contributed by atoms with Crippen LogP contribution in [0.2, 0.25) is 0 Å². The molecule has 2 aromatic carbocycles. The summed E-state index contributed by atoms with van der Waals surface area (Å²) in [6.45, 7) is 3.44. The van der Waals surface area contributed by atoms with Gasteiger partial charge in [0.05, 0.1) is 17.1 Å².